The summed E-state index contributed by atoms with van der Waals surface area (Å²) in [5, 5.41) is 15.9. The molecule has 2 saturated heterocycles. The normalized spacial score (nSPS) is 23.6. The molecule has 2 heterocycles. The largest absolute Gasteiger partial charge is 0.390 e. The Labute approximate surface area is 147 Å². The Bertz CT molecular complexity index is 366. The van der Waals surface area contributed by atoms with Gasteiger partial charge in [-0.3, -0.25) is 0 Å². The van der Waals surface area contributed by atoms with E-state index < -0.39 is 6.10 Å². The third-order valence-electron chi connectivity index (χ3n) is 5.20. The fourth-order valence-electron chi connectivity index (χ4n) is 3.67. The summed E-state index contributed by atoms with van der Waals surface area (Å²) < 4.78 is 0. The first-order chi connectivity index (χ1) is 11.5. The van der Waals surface area contributed by atoms with Gasteiger partial charge in [-0.25, -0.2) is 4.79 Å². The number of hydrogen-bond acceptors (Lipinski definition) is 4. The minimum Gasteiger partial charge on any atom is -0.390 e. The number of urea groups is 1. The first kappa shape index (κ1) is 19.5. The third-order valence-corrected chi connectivity index (χ3v) is 5.20. The van der Waals surface area contributed by atoms with Crippen molar-refractivity contribution in [2.75, 3.05) is 45.8 Å². The van der Waals surface area contributed by atoms with Crippen molar-refractivity contribution in [3.63, 3.8) is 0 Å². The number of nitrogens with zero attached hydrogens (tertiary/aromatic N) is 2. The van der Waals surface area contributed by atoms with Gasteiger partial charge in [0.25, 0.3) is 0 Å². The zero-order chi connectivity index (χ0) is 17.4. The molecule has 0 bridgehead atoms. The number of rotatable bonds is 7. The summed E-state index contributed by atoms with van der Waals surface area (Å²) in [6.45, 7) is 10.6. The van der Waals surface area contributed by atoms with Crippen LogP contribution in [0.1, 0.15) is 46.0 Å². The molecule has 2 atom stereocenters. The highest BCUT2D eigenvalue weighted by Crippen LogP contribution is 2.15. The summed E-state index contributed by atoms with van der Waals surface area (Å²) in [7, 11) is 0. The van der Waals surface area contributed by atoms with Gasteiger partial charge in [0.15, 0.2) is 0 Å². The molecular weight excluding hydrogens is 304 g/mol. The lowest BCUT2D eigenvalue weighted by Crippen LogP contribution is -2.49. The van der Waals surface area contributed by atoms with Crippen molar-refractivity contribution in [2.24, 2.45) is 5.92 Å². The van der Waals surface area contributed by atoms with Crippen LogP contribution in [0.15, 0.2) is 0 Å². The Balaban J connectivity index is 1.56. The van der Waals surface area contributed by atoms with E-state index in [0.29, 0.717) is 13.1 Å². The molecule has 0 aliphatic carbocycles. The molecule has 2 fully saturated rings. The third kappa shape index (κ3) is 7.36. The van der Waals surface area contributed by atoms with Gasteiger partial charge in [0.05, 0.1) is 6.10 Å². The van der Waals surface area contributed by atoms with E-state index in [1.54, 1.807) is 0 Å². The van der Waals surface area contributed by atoms with Crippen molar-refractivity contribution in [3.05, 3.63) is 0 Å². The molecule has 0 radical (unpaired) electrons. The van der Waals surface area contributed by atoms with E-state index in [4.69, 9.17) is 0 Å². The molecule has 3 N–H and O–H groups in total. The molecule has 2 rings (SSSR count). The number of aliphatic hydroxyl groups excluding tert-OH is 1. The molecule has 2 aliphatic rings. The van der Waals surface area contributed by atoms with E-state index in [1.807, 2.05) is 6.92 Å². The Hall–Kier alpha value is -0.850. The standard InChI is InChI=1S/C18H36N4O2/c1-15-6-10-22(11-7-15)14-17(23)12-19-18(24)20-16(2)13-21-8-4-3-5-9-21/h15-17,23H,3-14H2,1-2H3,(H2,19,20,24). The molecule has 24 heavy (non-hydrogen) atoms. The monoisotopic (exact) mass is 340 g/mol. The Morgan fingerprint density at radius 3 is 2.38 bits per heavy atom. The zero-order valence-corrected chi connectivity index (χ0v) is 15.5. The number of nitrogens with one attached hydrogen (secondary N) is 2. The van der Waals surface area contributed by atoms with Crippen LogP contribution in [0, 0.1) is 5.92 Å². The fourth-order valence-corrected chi connectivity index (χ4v) is 3.67. The number of likely N-dealkylation sites (tertiary alicyclic amines) is 2. The highest BCUT2D eigenvalue weighted by atomic mass is 16.3. The average molecular weight is 341 g/mol. The molecule has 6 nitrogen and oxygen atoms in total. The number of β-amino-alcohol motifs (C(OH)–C–C–N with tert-alkyl or cyclic N) is 1. The Kier molecular flexibility index (Phi) is 8.29. The van der Waals surface area contributed by atoms with Crippen LogP contribution in [0.3, 0.4) is 0 Å². The number of amides is 2. The topological polar surface area (TPSA) is 67.8 Å². The molecule has 0 aromatic heterocycles. The van der Waals surface area contributed by atoms with Crippen molar-refractivity contribution in [1.82, 2.24) is 20.4 Å². The van der Waals surface area contributed by atoms with Crippen molar-refractivity contribution in [2.45, 2.75) is 58.1 Å². The minimum atomic E-state index is -0.499. The van der Waals surface area contributed by atoms with E-state index in [1.165, 1.54) is 32.1 Å². The molecule has 0 spiro atoms. The summed E-state index contributed by atoms with van der Waals surface area (Å²) in [5.74, 6) is 0.795. The SMILES string of the molecule is CC1CCN(CC(O)CNC(=O)NC(C)CN2CCCCC2)CC1. The van der Waals surface area contributed by atoms with Gasteiger partial charge in [-0.05, 0) is 64.7 Å². The summed E-state index contributed by atoms with van der Waals surface area (Å²) >= 11 is 0. The van der Waals surface area contributed by atoms with E-state index in [0.717, 1.165) is 38.6 Å². The van der Waals surface area contributed by atoms with Crippen molar-refractivity contribution >= 4 is 6.03 Å². The lowest BCUT2D eigenvalue weighted by molar-refractivity contribution is 0.0918. The molecule has 2 amide bonds. The van der Waals surface area contributed by atoms with Gasteiger partial charge in [0, 0.05) is 25.7 Å². The molecule has 0 aromatic carbocycles. The van der Waals surface area contributed by atoms with Gasteiger partial charge in [0.2, 0.25) is 0 Å². The van der Waals surface area contributed by atoms with Crippen molar-refractivity contribution < 1.29 is 9.90 Å². The van der Waals surface area contributed by atoms with E-state index in [-0.39, 0.29) is 12.1 Å². The highest BCUT2D eigenvalue weighted by molar-refractivity contribution is 5.74. The van der Waals surface area contributed by atoms with E-state index in [2.05, 4.69) is 27.4 Å². The van der Waals surface area contributed by atoms with Crippen molar-refractivity contribution in [3.8, 4) is 0 Å². The maximum Gasteiger partial charge on any atom is 0.315 e. The maximum absolute atomic E-state index is 12.0. The van der Waals surface area contributed by atoms with Crippen LogP contribution in [0.5, 0.6) is 0 Å². The second-order valence-corrected chi connectivity index (χ2v) is 7.75. The quantitative estimate of drug-likeness (QED) is 0.653. The number of carbonyl (C=O) groups is 1. The first-order valence-electron chi connectivity index (χ1n) is 9.70. The lowest BCUT2D eigenvalue weighted by atomic mass is 9.99. The second-order valence-electron chi connectivity index (χ2n) is 7.75. The summed E-state index contributed by atoms with van der Waals surface area (Å²) in [6, 6.07) is -0.0466. The Morgan fingerprint density at radius 1 is 1.08 bits per heavy atom. The molecule has 2 aliphatic heterocycles. The number of carbonyl (C=O) groups excluding carboxylic acids is 1. The highest BCUT2D eigenvalue weighted by Gasteiger charge is 2.19. The predicted molar refractivity (Wildman–Crippen MR) is 97.1 cm³/mol. The zero-order valence-electron chi connectivity index (χ0n) is 15.5. The van der Waals surface area contributed by atoms with Crippen LogP contribution < -0.4 is 10.6 Å². The van der Waals surface area contributed by atoms with Gasteiger partial charge in [-0.1, -0.05) is 13.3 Å². The number of piperidine rings is 2. The van der Waals surface area contributed by atoms with Crippen LogP contribution >= 0.6 is 0 Å². The van der Waals surface area contributed by atoms with Crippen LogP contribution in [0.4, 0.5) is 4.79 Å². The van der Waals surface area contributed by atoms with Crippen LogP contribution in [-0.4, -0.2) is 78.9 Å². The first-order valence-corrected chi connectivity index (χ1v) is 9.70. The lowest BCUT2D eigenvalue weighted by Gasteiger charge is -2.31. The fraction of sp³-hybridized carbons (Fsp3) is 0.944. The van der Waals surface area contributed by atoms with Gasteiger partial charge in [-0.15, -0.1) is 0 Å². The number of aliphatic hydroxyl groups is 1. The van der Waals surface area contributed by atoms with E-state index >= 15 is 0 Å². The summed E-state index contributed by atoms with van der Waals surface area (Å²) in [5.41, 5.74) is 0. The maximum atomic E-state index is 12.0. The molecule has 0 saturated carbocycles. The summed E-state index contributed by atoms with van der Waals surface area (Å²) in [4.78, 5) is 16.7. The average Bonchev–Trinajstić information content (AvgIpc) is 2.56. The predicted octanol–water partition coefficient (Wildman–Crippen LogP) is 1.25. The number of hydrogen-bond donors (Lipinski definition) is 3. The van der Waals surface area contributed by atoms with Crippen LogP contribution in [0.25, 0.3) is 0 Å². The molecule has 140 valence electrons. The smallest absolute Gasteiger partial charge is 0.315 e. The van der Waals surface area contributed by atoms with Gasteiger partial charge in [-0.2, -0.15) is 0 Å². The Morgan fingerprint density at radius 2 is 1.71 bits per heavy atom. The second kappa shape index (κ2) is 10.2. The molecular formula is C18H36N4O2. The summed E-state index contributed by atoms with van der Waals surface area (Å²) in [6.07, 6.45) is 5.76. The van der Waals surface area contributed by atoms with Gasteiger partial charge >= 0.3 is 6.03 Å². The molecule has 6 heteroatoms. The van der Waals surface area contributed by atoms with Crippen LogP contribution in [-0.2, 0) is 0 Å². The molecule has 2 unspecified atom stereocenters. The van der Waals surface area contributed by atoms with Gasteiger partial charge < -0.3 is 25.5 Å². The van der Waals surface area contributed by atoms with E-state index in [9.17, 15) is 9.90 Å². The van der Waals surface area contributed by atoms with Crippen molar-refractivity contribution in [1.29, 1.82) is 0 Å². The molecule has 0 aromatic rings. The van der Waals surface area contributed by atoms with Crippen LogP contribution in [0.2, 0.25) is 0 Å². The van der Waals surface area contributed by atoms with Gasteiger partial charge in [0.1, 0.15) is 0 Å². The minimum absolute atomic E-state index is 0.129.